The van der Waals surface area contributed by atoms with Gasteiger partial charge < -0.3 is 9.64 Å². The Morgan fingerprint density at radius 2 is 1.67 bits per heavy atom. The van der Waals surface area contributed by atoms with Gasteiger partial charge in [-0.2, -0.15) is 0 Å². The molecule has 1 heterocycles. The molecule has 0 saturated carbocycles. The molecule has 0 unspecified atom stereocenters. The van der Waals surface area contributed by atoms with Crippen molar-refractivity contribution in [3.63, 3.8) is 0 Å². The molecular weight excluding hydrogens is 298 g/mol. The predicted molar refractivity (Wildman–Crippen MR) is 95.4 cm³/mol. The molecule has 0 N–H and O–H groups in total. The van der Waals surface area contributed by atoms with Gasteiger partial charge in [-0.3, -0.25) is 4.79 Å². The molecule has 126 valence electrons. The lowest BCUT2D eigenvalue weighted by atomic mass is 9.87. The summed E-state index contributed by atoms with van der Waals surface area (Å²) in [6.45, 7) is 5.58. The average molecular weight is 323 g/mol. The van der Waals surface area contributed by atoms with Crippen LogP contribution < -0.4 is 0 Å². The lowest BCUT2D eigenvalue weighted by Gasteiger charge is -2.47. The number of rotatable bonds is 7. The van der Waals surface area contributed by atoms with Gasteiger partial charge in [-0.15, -0.1) is 0 Å². The summed E-state index contributed by atoms with van der Waals surface area (Å²) < 4.78 is 5.87. The van der Waals surface area contributed by atoms with Crippen molar-refractivity contribution in [3.8, 4) is 0 Å². The van der Waals surface area contributed by atoms with Crippen LogP contribution in [0, 0.1) is 5.92 Å². The molecule has 2 aromatic rings. The zero-order chi connectivity index (χ0) is 16.9. The van der Waals surface area contributed by atoms with E-state index in [1.165, 1.54) is 11.1 Å². The van der Waals surface area contributed by atoms with Crippen molar-refractivity contribution in [2.24, 2.45) is 5.92 Å². The molecule has 0 aliphatic carbocycles. The molecule has 3 nitrogen and oxygen atoms in total. The number of nitrogens with zero attached hydrogens (tertiary/aromatic N) is 1. The van der Waals surface area contributed by atoms with Crippen LogP contribution in [0.15, 0.2) is 60.7 Å². The van der Waals surface area contributed by atoms with Crippen molar-refractivity contribution in [1.82, 2.24) is 4.90 Å². The Bertz CT molecular complexity index is 656. The predicted octanol–water partition coefficient (Wildman–Crippen LogP) is 4.20. The lowest BCUT2D eigenvalue weighted by molar-refractivity contribution is -0.154. The first-order valence-corrected chi connectivity index (χ1v) is 8.64. The Hall–Kier alpha value is -2.13. The van der Waals surface area contributed by atoms with E-state index in [4.69, 9.17) is 4.74 Å². The number of carbonyl (C=O) groups is 1. The molecule has 24 heavy (non-hydrogen) atoms. The van der Waals surface area contributed by atoms with Gasteiger partial charge in [0.05, 0.1) is 19.3 Å². The summed E-state index contributed by atoms with van der Waals surface area (Å²) in [6, 6.07) is 20.8. The Morgan fingerprint density at radius 1 is 1.04 bits per heavy atom. The largest absolute Gasteiger partial charge is 0.376 e. The number of hydrogen-bond acceptors (Lipinski definition) is 2. The molecule has 0 aromatic heterocycles. The van der Waals surface area contributed by atoms with E-state index in [1.807, 2.05) is 41.3 Å². The molecule has 3 rings (SSSR count). The highest BCUT2D eigenvalue weighted by Gasteiger charge is 2.42. The minimum Gasteiger partial charge on any atom is -0.376 e. The van der Waals surface area contributed by atoms with Crippen molar-refractivity contribution < 1.29 is 9.53 Å². The zero-order valence-corrected chi connectivity index (χ0v) is 14.4. The standard InChI is InChI=1S/C21H25NO2/c1-16(14-24-15-18-9-5-3-6-10-18)20-13-21(23)22(20)17(2)19-11-7-4-8-12-19/h3-12,16-17,20H,13-15H2,1-2H3/t16-,17+,20-/m0/s1. The molecule has 1 aliphatic rings. The van der Waals surface area contributed by atoms with Crippen LogP contribution in [0.2, 0.25) is 0 Å². The Kier molecular flexibility index (Phi) is 5.31. The normalized spacial score (nSPS) is 19.7. The molecule has 1 aliphatic heterocycles. The quantitative estimate of drug-likeness (QED) is 0.715. The maximum absolute atomic E-state index is 12.1. The first kappa shape index (κ1) is 16.7. The van der Waals surface area contributed by atoms with Crippen LogP contribution in [0.25, 0.3) is 0 Å². The van der Waals surface area contributed by atoms with Gasteiger partial charge in [0.1, 0.15) is 0 Å². The third-order valence-electron chi connectivity index (χ3n) is 4.88. The van der Waals surface area contributed by atoms with Crippen LogP contribution >= 0.6 is 0 Å². The van der Waals surface area contributed by atoms with Gasteiger partial charge in [0.25, 0.3) is 0 Å². The average Bonchev–Trinajstić information content (AvgIpc) is 2.61. The third-order valence-corrected chi connectivity index (χ3v) is 4.88. The van der Waals surface area contributed by atoms with Gasteiger partial charge in [0.15, 0.2) is 0 Å². The van der Waals surface area contributed by atoms with E-state index in [1.54, 1.807) is 0 Å². The second-order valence-electron chi connectivity index (χ2n) is 6.64. The SMILES string of the molecule is C[C@H](c1ccccc1)N1C(=O)C[C@H]1[C@@H](C)COCc1ccccc1. The summed E-state index contributed by atoms with van der Waals surface area (Å²) in [7, 11) is 0. The monoisotopic (exact) mass is 323 g/mol. The number of benzene rings is 2. The Labute approximate surface area is 144 Å². The van der Waals surface area contributed by atoms with Gasteiger partial charge in [-0.25, -0.2) is 0 Å². The first-order valence-electron chi connectivity index (χ1n) is 8.64. The summed E-state index contributed by atoms with van der Waals surface area (Å²) >= 11 is 0. The molecule has 2 aromatic carbocycles. The van der Waals surface area contributed by atoms with Gasteiger partial charge in [-0.05, 0) is 18.1 Å². The maximum atomic E-state index is 12.1. The second kappa shape index (κ2) is 7.63. The third kappa shape index (κ3) is 3.68. The van der Waals surface area contributed by atoms with Crippen LogP contribution in [0.1, 0.15) is 37.4 Å². The van der Waals surface area contributed by atoms with Crippen molar-refractivity contribution in [2.75, 3.05) is 6.61 Å². The van der Waals surface area contributed by atoms with Crippen LogP contribution in [0.4, 0.5) is 0 Å². The molecule has 0 bridgehead atoms. The van der Waals surface area contributed by atoms with E-state index in [0.29, 0.717) is 25.6 Å². The minimum atomic E-state index is 0.119. The van der Waals surface area contributed by atoms with E-state index in [0.717, 1.165) is 0 Å². The van der Waals surface area contributed by atoms with Gasteiger partial charge >= 0.3 is 0 Å². The molecule has 3 heteroatoms. The van der Waals surface area contributed by atoms with Crippen LogP contribution in [0.5, 0.6) is 0 Å². The first-order chi connectivity index (χ1) is 11.7. The maximum Gasteiger partial charge on any atom is 0.225 e. The highest BCUT2D eigenvalue weighted by molar-refractivity contribution is 5.83. The van der Waals surface area contributed by atoms with E-state index in [-0.39, 0.29) is 18.0 Å². The topological polar surface area (TPSA) is 29.5 Å². The summed E-state index contributed by atoms with van der Waals surface area (Å²) in [5.74, 6) is 0.573. The highest BCUT2D eigenvalue weighted by atomic mass is 16.5. The molecule has 1 fully saturated rings. The van der Waals surface area contributed by atoms with Gasteiger partial charge in [0, 0.05) is 18.4 Å². The molecule has 0 spiro atoms. The van der Waals surface area contributed by atoms with E-state index < -0.39 is 0 Å². The van der Waals surface area contributed by atoms with Crippen LogP contribution in [0.3, 0.4) is 0 Å². The van der Waals surface area contributed by atoms with Crippen LogP contribution in [-0.2, 0) is 16.1 Å². The Morgan fingerprint density at radius 3 is 2.29 bits per heavy atom. The summed E-state index contributed by atoms with van der Waals surface area (Å²) in [5, 5.41) is 0. The summed E-state index contributed by atoms with van der Waals surface area (Å²) in [4.78, 5) is 14.2. The van der Waals surface area contributed by atoms with Crippen molar-refractivity contribution in [3.05, 3.63) is 71.8 Å². The molecule has 1 saturated heterocycles. The van der Waals surface area contributed by atoms with Crippen LogP contribution in [-0.4, -0.2) is 23.5 Å². The van der Waals surface area contributed by atoms with Crippen molar-refractivity contribution in [1.29, 1.82) is 0 Å². The number of carbonyl (C=O) groups excluding carboxylic acids is 1. The number of amides is 1. The fraction of sp³-hybridized carbons (Fsp3) is 0.381. The molecular formula is C21H25NO2. The summed E-state index contributed by atoms with van der Waals surface area (Å²) in [5.41, 5.74) is 2.37. The minimum absolute atomic E-state index is 0.119. The van der Waals surface area contributed by atoms with Crippen molar-refractivity contribution in [2.45, 2.75) is 39.0 Å². The smallest absolute Gasteiger partial charge is 0.225 e. The number of hydrogen-bond donors (Lipinski definition) is 0. The molecule has 0 radical (unpaired) electrons. The fourth-order valence-corrected chi connectivity index (χ4v) is 3.37. The van der Waals surface area contributed by atoms with E-state index in [9.17, 15) is 4.79 Å². The van der Waals surface area contributed by atoms with E-state index >= 15 is 0 Å². The van der Waals surface area contributed by atoms with Gasteiger partial charge in [0.2, 0.25) is 5.91 Å². The van der Waals surface area contributed by atoms with E-state index in [2.05, 4.69) is 38.1 Å². The Balaban J connectivity index is 1.54. The molecule has 3 atom stereocenters. The summed E-state index contributed by atoms with van der Waals surface area (Å²) in [6.07, 6.45) is 0.632. The molecule has 1 amide bonds. The fourth-order valence-electron chi connectivity index (χ4n) is 3.37. The van der Waals surface area contributed by atoms with Crippen molar-refractivity contribution >= 4 is 5.91 Å². The zero-order valence-electron chi connectivity index (χ0n) is 14.4. The second-order valence-corrected chi connectivity index (χ2v) is 6.64. The number of likely N-dealkylation sites (tertiary alicyclic amines) is 1. The van der Waals surface area contributed by atoms with Gasteiger partial charge in [-0.1, -0.05) is 67.6 Å². The number of β-lactam (4-membered cyclic amide) rings is 1. The lowest BCUT2D eigenvalue weighted by Crippen LogP contribution is -2.57. The number of ether oxygens (including phenoxy) is 1. The highest BCUT2D eigenvalue weighted by Crippen LogP contribution is 2.35.